The van der Waals surface area contributed by atoms with E-state index in [0.717, 1.165) is 19.4 Å². The third-order valence-electron chi connectivity index (χ3n) is 4.04. The van der Waals surface area contributed by atoms with Gasteiger partial charge in [-0.1, -0.05) is 6.92 Å². The largest absolute Gasteiger partial charge is 0.496 e. The van der Waals surface area contributed by atoms with Gasteiger partial charge in [0.15, 0.2) is 0 Å². The zero-order valence-corrected chi connectivity index (χ0v) is 16.1. The molecule has 1 fully saturated rings. The van der Waals surface area contributed by atoms with Crippen LogP contribution in [0, 0.1) is 0 Å². The third kappa shape index (κ3) is 6.14. The maximum absolute atomic E-state index is 12.5. The lowest BCUT2D eigenvalue weighted by atomic mass is 10.2. The average Bonchev–Trinajstić information content (AvgIpc) is 3.11. The maximum Gasteiger partial charge on any atom is 0.240 e. The monoisotopic (exact) mass is 391 g/mol. The normalized spacial score (nSPS) is 17.0. The summed E-state index contributed by atoms with van der Waals surface area (Å²) in [4.78, 5) is 11.6. The van der Waals surface area contributed by atoms with Crippen LogP contribution in [0.15, 0.2) is 23.1 Å². The molecule has 1 amide bonds. The Labute approximate surface area is 155 Å². The van der Waals surface area contributed by atoms with Crippen molar-refractivity contribution in [2.45, 2.75) is 43.7 Å². The molecule has 3 N–H and O–H groups in total. The van der Waals surface area contributed by atoms with E-state index in [9.17, 15) is 13.2 Å². The van der Waals surface area contributed by atoms with Gasteiger partial charge in [-0.05, 0) is 37.6 Å². The zero-order valence-electron chi connectivity index (χ0n) is 14.5. The van der Waals surface area contributed by atoms with Crippen LogP contribution in [0.25, 0.3) is 0 Å². The van der Waals surface area contributed by atoms with E-state index in [4.69, 9.17) is 4.74 Å². The Balaban J connectivity index is 0.00000312. The predicted molar refractivity (Wildman–Crippen MR) is 98.6 cm³/mol. The van der Waals surface area contributed by atoms with Crippen LogP contribution in [-0.4, -0.2) is 40.6 Å². The van der Waals surface area contributed by atoms with Crippen LogP contribution in [-0.2, 0) is 21.4 Å². The van der Waals surface area contributed by atoms with Crippen molar-refractivity contribution in [2.24, 2.45) is 0 Å². The molecule has 2 rings (SSSR count). The van der Waals surface area contributed by atoms with Gasteiger partial charge >= 0.3 is 0 Å². The number of carbonyl (C=O) groups is 1. The third-order valence-corrected chi connectivity index (χ3v) is 5.46. The van der Waals surface area contributed by atoms with Gasteiger partial charge in [-0.3, -0.25) is 4.79 Å². The molecule has 25 heavy (non-hydrogen) atoms. The highest BCUT2D eigenvalue weighted by Gasteiger charge is 2.20. The van der Waals surface area contributed by atoms with Crippen molar-refractivity contribution in [1.82, 2.24) is 15.4 Å². The minimum Gasteiger partial charge on any atom is -0.496 e. The van der Waals surface area contributed by atoms with Gasteiger partial charge in [0.05, 0.1) is 12.0 Å². The van der Waals surface area contributed by atoms with Gasteiger partial charge in [-0.2, -0.15) is 0 Å². The van der Waals surface area contributed by atoms with Crippen molar-refractivity contribution >= 4 is 28.3 Å². The second-order valence-electron chi connectivity index (χ2n) is 5.75. The molecule has 0 spiro atoms. The highest BCUT2D eigenvalue weighted by molar-refractivity contribution is 7.89. The summed E-state index contributed by atoms with van der Waals surface area (Å²) in [6.07, 6.45) is 2.41. The number of methoxy groups -OCH3 is 1. The minimum absolute atomic E-state index is 0. The Morgan fingerprint density at radius 3 is 2.76 bits per heavy atom. The summed E-state index contributed by atoms with van der Waals surface area (Å²) in [5.74, 6) is 0.443. The molecule has 0 radical (unpaired) electrons. The van der Waals surface area contributed by atoms with Crippen LogP contribution < -0.4 is 20.1 Å². The standard InChI is InChI=1S/C16H25N3O4S.ClH/c1-3-16(20)18-10-12-9-14(6-7-15(12)23-2)24(21,22)19-11-13-5-4-8-17-13;/h6-7,9,13,17,19H,3-5,8,10-11H2,1-2H3,(H,18,20);1H. The Morgan fingerprint density at radius 1 is 1.40 bits per heavy atom. The lowest BCUT2D eigenvalue weighted by Gasteiger charge is -2.14. The Kier molecular flexibility index (Phi) is 8.64. The molecule has 1 saturated heterocycles. The molecule has 1 heterocycles. The van der Waals surface area contributed by atoms with Gasteiger partial charge in [-0.25, -0.2) is 13.1 Å². The molecule has 9 heteroatoms. The smallest absolute Gasteiger partial charge is 0.240 e. The van der Waals surface area contributed by atoms with Crippen molar-refractivity contribution in [3.63, 3.8) is 0 Å². The van der Waals surface area contributed by atoms with E-state index in [1.807, 2.05) is 0 Å². The van der Waals surface area contributed by atoms with Crippen LogP contribution in [0.3, 0.4) is 0 Å². The summed E-state index contributed by atoms with van der Waals surface area (Å²) in [5, 5.41) is 5.99. The van der Waals surface area contributed by atoms with Gasteiger partial charge in [0.25, 0.3) is 0 Å². The molecule has 1 aromatic rings. The second-order valence-corrected chi connectivity index (χ2v) is 7.52. The van der Waals surface area contributed by atoms with Gasteiger partial charge in [0.2, 0.25) is 15.9 Å². The molecule has 0 aromatic heterocycles. The summed E-state index contributed by atoms with van der Waals surface area (Å²) < 4.78 is 32.8. The lowest BCUT2D eigenvalue weighted by Crippen LogP contribution is -2.37. The molecule has 7 nitrogen and oxygen atoms in total. The lowest BCUT2D eigenvalue weighted by molar-refractivity contribution is -0.120. The Morgan fingerprint density at radius 2 is 2.16 bits per heavy atom. The molecule has 1 aromatic carbocycles. The van der Waals surface area contributed by atoms with Gasteiger partial charge in [0.1, 0.15) is 5.75 Å². The Hall–Kier alpha value is -1.35. The highest BCUT2D eigenvalue weighted by Crippen LogP contribution is 2.22. The quantitative estimate of drug-likeness (QED) is 0.618. The number of ether oxygens (including phenoxy) is 1. The number of sulfonamides is 1. The summed E-state index contributed by atoms with van der Waals surface area (Å²) in [5.41, 5.74) is 0.626. The second kappa shape index (κ2) is 9.96. The molecule has 1 aliphatic rings. The van der Waals surface area contributed by atoms with E-state index in [1.165, 1.54) is 13.2 Å². The highest BCUT2D eigenvalue weighted by atomic mass is 35.5. The fraction of sp³-hybridized carbons (Fsp3) is 0.562. The molecule has 1 atom stereocenters. The summed E-state index contributed by atoms with van der Waals surface area (Å²) in [7, 11) is -2.09. The number of halogens is 1. The van der Waals surface area contributed by atoms with Crippen molar-refractivity contribution < 1.29 is 17.9 Å². The molecule has 142 valence electrons. The van der Waals surface area contributed by atoms with Crippen molar-refractivity contribution in [1.29, 1.82) is 0 Å². The molecule has 1 aliphatic heterocycles. The first-order valence-corrected chi connectivity index (χ1v) is 9.61. The van der Waals surface area contributed by atoms with E-state index in [2.05, 4.69) is 15.4 Å². The van der Waals surface area contributed by atoms with Crippen molar-refractivity contribution in [2.75, 3.05) is 20.2 Å². The molecular weight excluding hydrogens is 366 g/mol. The first-order chi connectivity index (χ1) is 11.5. The van der Waals surface area contributed by atoms with Gasteiger partial charge < -0.3 is 15.4 Å². The molecule has 0 aliphatic carbocycles. The van der Waals surface area contributed by atoms with Crippen LogP contribution in [0.5, 0.6) is 5.75 Å². The summed E-state index contributed by atoms with van der Waals surface area (Å²) >= 11 is 0. The van der Waals surface area contributed by atoms with Crippen LogP contribution in [0.4, 0.5) is 0 Å². The fourth-order valence-electron chi connectivity index (χ4n) is 2.60. The average molecular weight is 392 g/mol. The van der Waals surface area contributed by atoms with E-state index < -0.39 is 10.0 Å². The number of carbonyl (C=O) groups excluding carboxylic acids is 1. The van der Waals surface area contributed by atoms with E-state index in [0.29, 0.717) is 24.3 Å². The molecule has 1 unspecified atom stereocenters. The number of rotatable bonds is 8. The molecule has 0 bridgehead atoms. The summed E-state index contributed by atoms with van der Waals surface area (Å²) in [6.45, 7) is 3.28. The van der Waals surface area contributed by atoms with E-state index in [1.54, 1.807) is 19.1 Å². The zero-order chi connectivity index (χ0) is 17.6. The maximum atomic E-state index is 12.5. The summed E-state index contributed by atoms with van der Waals surface area (Å²) in [6, 6.07) is 4.84. The van der Waals surface area contributed by atoms with Gasteiger partial charge in [-0.15, -0.1) is 12.4 Å². The number of hydrogen-bond acceptors (Lipinski definition) is 5. The van der Waals surface area contributed by atoms with E-state index >= 15 is 0 Å². The first kappa shape index (κ1) is 21.7. The number of nitrogens with one attached hydrogen (secondary N) is 3. The van der Waals surface area contributed by atoms with Crippen LogP contribution in [0.1, 0.15) is 31.7 Å². The SMILES string of the molecule is CCC(=O)NCc1cc(S(=O)(=O)NCC2CCCN2)ccc1OC.Cl. The minimum atomic E-state index is -3.60. The van der Waals surface area contributed by atoms with Crippen LogP contribution in [0.2, 0.25) is 0 Å². The topological polar surface area (TPSA) is 96.5 Å². The van der Waals surface area contributed by atoms with Crippen molar-refractivity contribution in [3.8, 4) is 5.75 Å². The fourth-order valence-corrected chi connectivity index (χ4v) is 3.74. The van der Waals surface area contributed by atoms with Gasteiger partial charge in [0, 0.05) is 31.1 Å². The van der Waals surface area contributed by atoms with Crippen LogP contribution >= 0.6 is 12.4 Å². The number of hydrogen-bond donors (Lipinski definition) is 3. The number of benzene rings is 1. The first-order valence-electron chi connectivity index (χ1n) is 8.13. The van der Waals surface area contributed by atoms with Crippen molar-refractivity contribution in [3.05, 3.63) is 23.8 Å². The molecular formula is C16H26ClN3O4S. The Bertz CT molecular complexity index is 676. The number of amides is 1. The van der Waals surface area contributed by atoms with E-state index in [-0.39, 0.29) is 35.8 Å². The molecule has 0 saturated carbocycles. The predicted octanol–water partition coefficient (Wildman–Crippen LogP) is 1.17.